The third-order valence-corrected chi connectivity index (χ3v) is 4.15. The quantitative estimate of drug-likeness (QED) is 0.886. The first-order valence-electron chi connectivity index (χ1n) is 5.79. The molecule has 0 saturated carbocycles. The summed E-state index contributed by atoms with van der Waals surface area (Å²) in [6, 6.07) is 12.9. The minimum absolute atomic E-state index is 0.00643. The number of hydrogen-bond donors (Lipinski definition) is 1. The molecule has 6 heteroatoms. The van der Waals surface area contributed by atoms with Crippen molar-refractivity contribution in [1.29, 1.82) is 0 Å². The molecule has 0 saturated heterocycles. The summed E-state index contributed by atoms with van der Waals surface area (Å²) in [7, 11) is 1.47. The minimum Gasteiger partial charge on any atom is -0.322 e. The molecule has 2 aromatic rings. The molecule has 4 nitrogen and oxygen atoms in total. The molecule has 1 amide bonds. The summed E-state index contributed by atoms with van der Waals surface area (Å²) in [6.45, 7) is 1.85. The van der Waals surface area contributed by atoms with E-state index in [0.717, 1.165) is 5.56 Å². The van der Waals surface area contributed by atoms with E-state index < -0.39 is 9.05 Å². The third-order valence-electron chi connectivity index (χ3n) is 2.78. The van der Waals surface area contributed by atoms with E-state index in [-0.39, 0.29) is 10.8 Å². The normalized spacial score (nSPS) is 11.1. The molecule has 0 aromatic heterocycles. The number of hydrogen-bond acceptors (Lipinski definition) is 3. The Kier molecular flexibility index (Phi) is 4.11. The number of rotatable bonds is 3. The Bertz CT molecular complexity index is 739. The minimum atomic E-state index is -3.75. The molecule has 0 bridgehead atoms. The molecule has 0 aliphatic rings. The van der Waals surface area contributed by atoms with Crippen molar-refractivity contribution < 1.29 is 13.2 Å². The maximum Gasteiger partial charge on any atom is 0.261 e. The highest BCUT2D eigenvalue weighted by atomic mass is 35.7. The van der Waals surface area contributed by atoms with Crippen LogP contribution in [0.2, 0.25) is 0 Å². The molecular weight excluding hydrogens is 298 g/mol. The Labute approximate surface area is 121 Å². The highest BCUT2D eigenvalue weighted by Gasteiger charge is 2.11. The van der Waals surface area contributed by atoms with E-state index in [4.69, 9.17) is 10.7 Å². The molecule has 0 unspecified atom stereocenters. The first-order valence-corrected chi connectivity index (χ1v) is 8.10. The fraction of sp³-hybridized carbons (Fsp3) is 0.0714. The van der Waals surface area contributed by atoms with Crippen LogP contribution in [0.3, 0.4) is 0 Å². The second-order valence-corrected chi connectivity index (χ2v) is 6.80. The van der Waals surface area contributed by atoms with Crippen LogP contribution in [0.4, 0.5) is 5.69 Å². The van der Waals surface area contributed by atoms with Gasteiger partial charge in [0.15, 0.2) is 0 Å². The lowest BCUT2D eigenvalue weighted by Crippen LogP contribution is -2.13. The van der Waals surface area contributed by atoms with Gasteiger partial charge in [0.25, 0.3) is 15.0 Å². The predicted octanol–water partition coefficient (Wildman–Crippen LogP) is 3.17. The van der Waals surface area contributed by atoms with Crippen LogP contribution in [0.15, 0.2) is 53.4 Å². The van der Waals surface area contributed by atoms with Gasteiger partial charge in [0.05, 0.1) is 4.90 Å². The lowest BCUT2D eigenvalue weighted by molar-refractivity contribution is 0.102. The molecule has 0 aliphatic carbocycles. The summed E-state index contributed by atoms with van der Waals surface area (Å²) in [6.07, 6.45) is 0. The molecule has 0 fully saturated rings. The highest BCUT2D eigenvalue weighted by molar-refractivity contribution is 8.13. The van der Waals surface area contributed by atoms with Crippen molar-refractivity contribution in [1.82, 2.24) is 0 Å². The van der Waals surface area contributed by atoms with Gasteiger partial charge in [-0.1, -0.05) is 18.2 Å². The van der Waals surface area contributed by atoms with Gasteiger partial charge in [-0.3, -0.25) is 4.79 Å². The van der Waals surface area contributed by atoms with Crippen LogP contribution in [0.25, 0.3) is 0 Å². The summed E-state index contributed by atoms with van der Waals surface area (Å²) in [5.74, 6) is -0.246. The number of carbonyl (C=O) groups excluding carboxylic acids is 1. The molecular formula is C14H12ClNO3S. The highest BCUT2D eigenvalue weighted by Crippen LogP contribution is 2.18. The number of benzene rings is 2. The summed E-state index contributed by atoms with van der Waals surface area (Å²) in [5.41, 5.74) is 1.94. The maximum absolute atomic E-state index is 12.1. The SMILES string of the molecule is Cc1ccccc1C(=O)Nc1ccc(S(=O)(=O)Cl)cc1. The zero-order valence-electron chi connectivity index (χ0n) is 10.6. The van der Waals surface area contributed by atoms with E-state index in [2.05, 4.69) is 5.32 Å². The Balaban J connectivity index is 2.19. The van der Waals surface area contributed by atoms with E-state index in [1.807, 2.05) is 19.1 Å². The van der Waals surface area contributed by atoms with Crippen LogP contribution in [-0.4, -0.2) is 14.3 Å². The standard InChI is InChI=1S/C14H12ClNO3S/c1-10-4-2-3-5-13(10)14(17)16-11-6-8-12(9-7-11)20(15,18)19/h2-9H,1H3,(H,16,17). The van der Waals surface area contributed by atoms with Crippen molar-refractivity contribution in [2.45, 2.75) is 11.8 Å². The number of halogens is 1. The summed E-state index contributed by atoms with van der Waals surface area (Å²) in [4.78, 5) is 12.1. The van der Waals surface area contributed by atoms with Crippen molar-refractivity contribution in [3.63, 3.8) is 0 Å². The molecule has 0 heterocycles. The van der Waals surface area contributed by atoms with Crippen LogP contribution in [0, 0.1) is 6.92 Å². The predicted molar refractivity (Wildman–Crippen MR) is 78.6 cm³/mol. The second kappa shape index (κ2) is 5.64. The van der Waals surface area contributed by atoms with Gasteiger partial charge in [0.1, 0.15) is 0 Å². The summed E-state index contributed by atoms with van der Waals surface area (Å²) in [5, 5.41) is 2.70. The maximum atomic E-state index is 12.1. The largest absolute Gasteiger partial charge is 0.322 e. The van der Waals surface area contributed by atoms with E-state index in [9.17, 15) is 13.2 Å². The van der Waals surface area contributed by atoms with Crippen molar-refractivity contribution in [3.8, 4) is 0 Å². The third kappa shape index (κ3) is 3.37. The fourth-order valence-electron chi connectivity index (χ4n) is 1.73. The first-order chi connectivity index (χ1) is 9.38. The van der Waals surface area contributed by atoms with Gasteiger partial charge in [-0.2, -0.15) is 0 Å². The summed E-state index contributed by atoms with van der Waals surface area (Å²) < 4.78 is 22.2. The fourth-order valence-corrected chi connectivity index (χ4v) is 2.50. The van der Waals surface area contributed by atoms with Crippen LogP contribution in [0.1, 0.15) is 15.9 Å². The Morgan fingerprint density at radius 3 is 2.20 bits per heavy atom. The van der Waals surface area contributed by atoms with Gasteiger partial charge in [0, 0.05) is 21.9 Å². The number of amides is 1. The van der Waals surface area contributed by atoms with Crippen molar-refractivity contribution in [2.24, 2.45) is 0 Å². The molecule has 0 aliphatic heterocycles. The van der Waals surface area contributed by atoms with Gasteiger partial charge < -0.3 is 5.32 Å². The van der Waals surface area contributed by atoms with E-state index in [1.54, 1.807) is 12.1 Å². The Hall–Kier alpha value is -1.85. The zero-order valence-corrected chi connectivity index (χ0v) is 12.2. The number of nitrogens with one attached hydrogen (secondary N) is 1. The molecule has 2 aromatic carbocycles. The lowest BCUT2D eigenvalue weighted by atomic mass is 10.1. The molecule has 2 rings (SSSR count). The Morgan fingerprint density at radius 1 is 1.05 bits per heavy atom. The van der Waals surface area contributed by atoms with Gasteiger partial charge in [-0.05, 0) is 42.8 Å². The number of anilines is 1. The molecule has 104 valence electrons. The number of aryl methyl sites for hydroxylation is 1. The summed E-state index contributed by atoms with van der Waals surface area (Å²) >= 11 is 0. The van der Waals surface area contributed by atoms with Gasteiger partial charge in [0.2, 0.25) is 0 Å². The number of carbonyl (C=O) groups is 1. The van der Waals surface area contributed by atoms with E-state index in [0.29, 0.717) is 11.3 Å². The molecule has 1 N–H and O–H groups in total. The molecule has 0 atom stereocenters. The average Bonchev–Trinajstić information content (AvgIpc) is 2.38. The van der Waals surface area contributed by atoms with E-state index >= 15 is 0 Å². The van der Waals surface area contributed by atoms with Crippen LogP contribution in [0.5, 0.6) is 0 Å². The molecule has 20 heavy (non-hydrogen) atoms. The molecule has 0 spiro atoms. The Morgan fingerprint density at radius 2 is 1.65 bits per heavy atom. The average molecular weight is 310 g/mol. The second-order valence-electron chi connectivity index (χ2n) is 4.23. The van der Waals surface area contributed by atoms with Crippen molar-refractivity contribution >= 4 is 31.3 Å². The van der Waals surface area contributed by atoms with Gasteiger partial charge >= 0.3 is 0 Å². The molecule has 0 radical (unpaired) electrons. The van der Waals surface area contributed by atoms with Gasteiger partial charge in [-0.15, -0.1) is 0 Å². The first kappa shape index (κ1) is 14.6. The van der Waals surface area contributed by atoms with Gasteiger partial charge in [-0.25, -0.2) is 8.42 Å². The van der Waals surface area contributed by atoms with Crippen molar-refractivity contribution in [3.05, 3.63) is 59.7 Å². The van der Waals surface area contributed by atoms with Crippen LogP contribution in [-0.2, 0) is 9.05 Å². The van der Waals surface area contributed by atoms with Crippen LogP contribution >= 0.6 is 10.7 Å². The zero-order chi connectivity index (χ0) is 14.8. The van der Waals surface area contributed by atoms with Crippen molar-refractivity contribution in [2.75, 3.05) is 5.32 Å². The van der Waals surface area contributed by atoms with Crippen LogP contribution < -0.4 is 5.32 Å². The monoisotopic (exact) mass is 309 g/mol. The lowest BCUT2D eigenvalue weighted by Gasteiger charge is -2.07. The van der Waals surface area contributed by atoms with E-state index in [1.165, 1.54) is 24.3 Å². The smallest absolute Gasteiger partial charge is 0.261 e. The topological polar surface area (TPSA) is 63.2 Å².